The molecule has 96 valence electrons. The maximum atomic E-state index is 11.9. The van der Waals surface area contributed by atoms with Gasteiger partial charge in [0.05, 0.1) is 0 Å². The van der Waals surface area contributed by atoms with Crippen LogP contribution in [0.25, 0.3) is 0 Å². The quantitative estimate of drug-likeness (QED) is 0.555. The van der Waals surface area contributed by atoms with E-state index in [1.165, 1.54) is 0 Å². The number of hydrogen-bond acceptors (Lipinski definition) is 2. The fraction of sp³-hybridized carbons (Fsp3) is 0.615. The third-order valence-corrected chi connectivity index (χ3v) is 2.96. The number of aryl methyl sites for hydroxylation is 1. The number of nitrogens with zero attached hydrogens (tertiary/aromatic N) is 1. The van der Waals surface area contributed by atoms with Gasteiger partial charge in [-0.3, -0.25) is 4.79 Å². The van der Waals surface area contributed by atoms with E-state index in [1.807, 2.05) is 13.0 Å². The summed E-state index contributed by atoms with van der Waals surface area (Å²) >= 11 is 5.60. The SMILES string of the molecule is CCc1ccc(C(=O)N(C)CCCCCCl)o1. The summed E-state index contributed by atoms with van der Waals surface area (Å²) < 4.78 is 5.43. The summed E-state index contributed by atoms with van der Waals surface area (Å²) in [5, 5.41) is 0. The minimum atomic E-state index is -0.0458. The molecule has 0 unspecified atom stereocenters. The highest BCUT2D eigenvalue weighted by Gasteiger charge is 2.14. The van der Waals surface area contributed by atoms with Crippen LogP contribution in [0.3, 0.4) is 0 Å². The molecule has 1 rings (SSSR count). The second-order valence-corrected chi connectivity index (χ2v) is 4.47. The number of carbonyl (C=O) groups excluding carboxylic acids is 1. The lowest BCUT2D eigenvalue weighted by molar-refractivity contribution is 0.0759. The molecule has 0 N–H and O–H groups in total. The first-order valence-electron chi connectivity index (χ1n) is 6.09. The van der Waals surface area contributed by atoms with Crippen LogP contribution in [-0.2, 0) is 6.42 Å². The van der Waals surface area contributed by atoms with Crippen LogP contribution < -0.4 is 0 Å². The highest BCUT2D eigenvalue weighted by molar-refractivity contribution is 6.17. The predicted octanol–water partition coefficient (Wildman–Crippen LogP) is 3.32. The van der Waals surface area contributed by atoms with Gasteiger partial charge in [0.2, 0.25) is 0 Å². The minimum Gasteiger partial charge on any atom is -0.456 e. The van der Waals surface area contributed by atoms with Crippen molar-refractivity contribution in [2.24, 2.45) is 0 Å². The number of hydrogen-bond donors (Lipinski definition) is 0. The van der Waals surface area contributed by atoms with Gasteiger partial charge in [-0.1, -0.05) is 13.3 Å². The summed E-state index contributed by atoms with van der Waals surface area (Å²) in [6.07, 6.45) is 3.85. The van der Waals surface area contributed by atoms with Gasteiger partial charge in [-0.2, -0.15) is 0 Å². The van der Waals surface area contributed by atoms with Crippen molar-refractivity contribution in [2.75, 3.05) is 19.5 Å². The molecule has 0 aromatic carbocycles. The van der Waals surface area contributed by atoms with Gasteiger partial charge < -0.3 is 9.32 Å². The fourth-order valence-electron chi connectivity index (χ4n) is 1.59. The van der Waals surface area contributed by atoms with E-state index in [2.05, 4.69) is 0 Å². The molecule has 1 aromatic rings. The van der Waals surface area contributed by atoms with E-state index in [1.54, 1.807) is 18.0 Å². The van der Waals surface area contributed by atoms with Crippen LogP contribution in [-0.4, -0.2) is 30.3 Å². The molecule has 0 aliphatic carbocycles. The molecule has 0 aliphatic heterocycles. The van der Waals surface area contributed by atoms with E-state index in [0.29, 0.717) is 11.6 Å². The summed E-state index contributed by atoms with van der Waals surface area (Å²) in [5.41, 5.74) is 0. The second kappa shape index (κ2) is 7.38. The first-order valence-corrected chi connectivity index (χ1v) is 6.62. The summed E-state index contributed by atoms with van der Waals surface area (Å²) in [6, 6.07) is 3.60. The van der Waals surface area contributed by atoms with E-state index in [-0.39, 0.29) is 5.91 Å². The third-order valence-electron chi connectivity index (χ3n) is 2.69. The summed E-state index contributed by atoms with van der Waals surface area (Å²) in [6.45, 7) is 2.75. The lowest BCUT2D eigenvalue weighted by atomic mass is 10.2. The standard InChI is InChI=1S/C13H20ClNO2/c1-3-11-7-8-12(17-11)13(16)15(2)10-6-4-5-9-14/h7-8H,3-6,9-10H2,1-2H3. The molecular formula is C13H20ClNO2. The van der Waals surface area contributed by atoms with Gasteiger partial charge in [-0.15, -0.1) is 11.6 Å². The monoisotopic (exact) mass is 257 g/mol. The molecule has 1 aromatic heterocycles. The lowest BCUT2D eigenvalue weighted by Crippen LogP contribution is -2.27. The Morgan fingerprint density at radius 3 is 2.71 bits per heavy atom. The maximum Gasteiger partial charge on any atom is 0.289 e. The number of amides is 1. The van der Waals surface area contributed by atoms with Crippen LogP contribution in [0, 0.1) is 0 Å². The Kier molecular flexibility index (Phi) is 6.12. The Bertz CT molecular complexity index is 349. The second-order valence-electron chi connectivity index (χ2n) is 4.10. The van der Waals surface area contributed by atoms with Crippen molar-refractivity contribution in [2.45, 2.75) is 32.6 Å². The molecule has 0 saturated carbocycles. The number of furan rings is 1. The Hall–Kier alpha value is -0.960. The molecule has 0 aliphatic rings. The van der Waals surface area contributed by atoms with Crippen molar-refractivity contribution in [1.82, 2.24) is 4.90 Å². The molecule has 0 radical (unpaired) electrons. The Balaban J connectivity index is 2.40. The normalized spacial score (nSPS) is 10.5. The van der Waals surface area contributed by atoms with Crippen molar-refractivity contribution in [3.05, 3.63) is 23.7 Å². The van der Waals surface area contributed by atoms with Crippen LogP contribution in [0.1, 0.15) is 42.5 Å². The Morgan fingerprint density at radius 1 is 1.35 bits per heavy atom. The number of rotatable bonds is 7. The van der Waals surface area contributed by atoms with Crippen LogP contribution in [0.15, 0.2) is 16.5 Å². The molecule has 4 heteroatoms. The number of halogens is 1. The molecule has 0 atom stereocenters. The number of alkyl halides is 1. The van der Waals surface area contributed by atoms with Gasteiger partial charge in [0.1, 0.15) is 5.76 Å². The van der Waals surface area contributed by atoms with Crippen molar-refractivity contribution in [3.63, 3.8) is 0 Å². The van der Waals surface area contributed by atoms with E-state index in [4.69, 9.17) is 16.0 Å². The lowest BCUT2D eigenvalue weighted by Gasteiger charge is -2.15. The average molecular weight is 258 g/mol. The zero-order chi connectivity index (χ0) is 12.7. The summed E-state index contributed by atoms with van der Waals surface area (Å²) in [4.78, 5) is 13.6. The van der Waals surface area contributed by atoms with Crippen molar-refractivity contribution < 1.29 is 9.21 Å². The van der Waals surface area contributed by atoms with Gasteiger partial charge in [-0.05, 0) is 25.0 Å². The number of carbonyl (C=O) groups is 1. The predicted molar refractivity (Wildman–Crippen MR) is 69.6 cm³/mol. The third kappa shape index (κ3) is 4.43. The van der Waals surface area contributed by atoms with Crippen molar-refractivity contribution in [1.29, 1.82) is 0 Å². The van der Waals surface area contributed by atoms with E-state index in [0.717, 1.165) is 38.0 Å². The smallest absolute Gasteiger partial charge is 0.289 e. The van der Waals surface area contributed by atoms with Gasteiger partial charge in [0.25, 0.3) is 5.91 Å². The minimum absolute atomic E-state index is 0.0458. The highest BCUT2D eigenvalue weighted by Crippen LogP contribution is 2.11. The van der Waals surface area contributed by atoms with Gasteiger partial charge in [0, 0.05) is 25.9 Å². The maximum absolute atomic E-state index is 11.9. The largest absolute Gasteiger partial charge is 0.456 e. The van der Waals surface area contributed by atoms with Crippen molar-refractivity contribution >= 4 is 17.5 Å². The number of unbranched alkanes of at least 4 members (excludes halogenated alkanes) is 2. The molecule has 17 heavy (non-hydrogen) atoms. The molecule has 1 amide bonds. The Morgan fingerprint density at radius 2 is 2.12 bits per heavy atom. The molecule has 0 bridgehead atoms. The van der Waals surface area contributed by atoms with Gasteiger partial charge in [-0.25, -0.2) is 0 Å². The molecule has 3 nitrogen and oxygen atoms in total. The van der Waals surface area contributed by atoms with E-state index < -0.39 is 0 Å². The average Bonchev–Trinajstić information content (AvgIpc) is 2.82. The van der Waals surface area contributed by atoms with Crippen LogP contribution in [0.4, 0.5) is 0 Å². The van der Waals surface area contributed by atoms with E-state index in [9.17, 15) is 4.79 Å². The molecule has 0 fully saturated rings. The van der Waals surface area contributed by atoms with E-state index >= 15 is 0 Å². The zero-order valence-electron chi connectivity index (χ0n) is 10.5. The van der Waals surface area contributed by atoms with Crippen LogP contribution >= 0.6 is 11.6 Å². The molecule has 0 spiro atoms. The van der Waals surface area contributed by atoms with Crippen LogP contribution in [0.2, 0.25) is 0 Å². The summed E-state index contributed by atoms with van der Waals surface area (Å²) in [7, 11) is 1.80. The first-order chi connectivity index (χ1) is 8.19. The van der Waals surface area contributed by atoms with Crippen molar-refractivity contribution in [3.8, 4) is 0 Å². The molecule has 1 heterocycles. The molecular weight excluding hydrogens is 238 g/mol. The first kappa shape index (κ1) is 14.1. The van der Waals surface area contributed by atoms with Gasteiger partial charge >= 0.3 is 0 Å². The highest BCUT2D eigenvalue weighted by atomic mass is 35.5. The van der Waals surface area contributed by atoms with Gasteiger partial charge in [0.15, 0.2) is 5.76 Å². The Labute approximate surface area is 108 Å². The molecule has 0 saturated heterocycles. The topological polar surface area (TPSA) is 33.5 Å². The van der Waals surface area contributed by atoms with Crippen LogP contribution in [0.5, 0.6) is 0 Å². The summed E-state index contributed by atoms with van der Waals surface area (Å²) in [5.74, 6) is 1.93. The fourth-order valence-corrected chi connectivity index (χ4v) is 1.78. The zero-order valence-corrected chi connectivity index (χ0v) is 11.3.